The average molecular weight is 302 g/mol. The van der Waals surface area contributed by atoms with Crippen LogP contribution in [0.2, 0.25) is 0 Å². The van der Waals surface area contributed by atoms with Gasteiger partial charge in [0, 0.05) is 12.5 Å². The van der Waals surface area contributed by atoms with Gasteiger partial charge in [0.25, 0.3) is 0 Å². The van der Waals surface area contributed by atoms with Gasteiger partial charge in [-0.15, -0.1) is 0 Å². The monoisotopic (exact) mass is 302 g/mol. The molecule has 0 fully saturated rings. The normalized spacial score (nSPS) is 11.5. The third-order valence-corrected chi connectivity index (χ3v) is 3.20. The number of carbonyl (C=O) groups is 1. The van der Waals surface area contributed by atoms with E-state index in [1.54, 1.807) is 49.6 Å². The quantitative estimate of drug-likeness (QED) is 0.852. The van der Waals surface area contributed by atoms with Crippen molar-refractivity contribution >= 4 is 5.97 Å². The molecule has 0 heterocycles. The Morgan fingerprint density at radius 3 is 2.36 bits per heavy atom. The number of aliphatic carboxylic acids is 1. The van der Waals surface area contributed by atoms with Gasteiger partial charge in [0.2, 0.25) is 0 Å². The van der Waals surface area contributed by atoms with E-state index < -0.39 is 12.1 Å². The minimum Gasteiger partial charge on any atom is -0.497 e. The van der Waals surface area contributed by atoms with E-state index in [1.165, 1.54) is 7.11 Å². The molecular formula is C17H18O5. The molecule has 22 heavy (non-hydrogen) atoms. The Hall–Kier alpha value is -2.69. The van der Waals surface area contributed by atoms with Gasteiger partial charge in [-0.05, 0) is 23.8 Å². The third-order valence-electron chi connectivity index (χ3n) is 3.20. The van der Waals surface area contributed by atoms with Gasteiger partial charge in [-0.1, -0.05) is 24.3 Å². The van der Waals surface area contributed by atoms with Crippen LogP contribution in [0.1, 0.15) is 5.56 Å². The highest BCUT2D eigenvalue weighted by Crippen LogP contribution is 2.26. The molecule has 2 rings (SSSR count). The lowest BCUT2D eigenvalue weighted by Crippen LogP contribution is -2.29. The molecule has 0 bridgehead atoms. The molecule has 5 nitrogen and oxygen atoms in total. The summed E-state index contributed by atoms with van der Waals surface area (Å²) in [4.78, 5) is 11.4. The number of rotatable bonds is 7. The van der Waals surface area contributed by atoms with E-state index in [0.717, 1.165) is 5.56 Å². The Morgan fingerprint density at radius 2 is 1.77 bits per heavy atom. The Balaban J connectivity index is 2.19. The van der Waals surface area contributed by atoms with Crippen molar-refractivity contribution in [2.75, 3.05) is 14.2 Å². The molecule has 0 aliphatic carbocycles. The summed E-state index contributed by atoms with van der Waals surface area (Å²) >= 11 is 0. The summed E-state index contributed by atoms with van der Waals surface area (Å²) in [6.45, 7) is 0. The first kappa shape index (κ1) is 15.7. The Bertz CT molecular complexity index is 624. The van der Waals surface area contributed by atoms with Gasteiger partial charge in [-0.2, -0.15) is 0 Å². The fourth-order valence-corrected chi connectivity index (χ4v) is 2.06. The van der Waals surface area contributed by atoms with E-state index >= 15 is 0 Å². The summed E-state index contributed by atoms with van der Waals surface area (Å²) in [7, 11) is 3.10. The molecule has 0 aliphatic rings. The first-order valence-corrected chi connectivity index (χ1v) is 6.79. The van der Waals surface area contributed by atoms with E-state index in [2.05, 4.69) is 0 Å². The van der Waals surface area contributed by atoms with Crippen molar-refractivity contribution in [2.45, 2.75) is 12.5 Å². The SMILES string of the molecule is COc1ccc(CC(Oc2ccccc2)C(=O)O)c(OC)c1. The highest BCUT2D eigenvalue weighted by Gasteiger charge is 2.22. The average Bonchev–Trinajstić information content (AvgIpc) is 2.55. The van der Waals surface area contributed by atoms with Gasteiger partial charge in [0.05, 0.1) is 14.2 Å². The maximum atomic E-state index is 11.4. The fraction of sp³-hybridized carbons (Fsp3) is 0.235. The minimum absolute atomic E-state index is 0.192. The lowest BCUT2D eigenvalue weighted by Gasteiger charge is -2.17. The molecule has 2 aromatic carbocycles. The van der Waals surface area contributed by atoms with E-state index in [4.69, 9.17) is 14.2 Å². The molecule has 0 saturated carbocycles. The van der Waals surface area contributed by atoms with Crippen molar-refractivity contribution in [1.29, 1.82) is 0 Å². The Morgan fingerprint density at radius 1 is 1.05 bits per heavy atom. The number of carboxylic acids is 1. The number of ether oxygens (including phenoxy) is 3. The van der Waals surface area contributed by atoms with Crippen molar-refractivity contribution in [3.05, 3.63) is 54.1 Å². The number of para-hydroxylation sites is 1. The van der Waals surface area contributed by atoms with Gasteiger partial charge in [-0.25, -0.2) is 4.79 Å². The first-order chi connectivity index (χ1) is 10.6. The molecule has 0 saturated heterocycles. The molecular weight excluding hydrogens is 284 g/mol. The maximum Gasteiger partial charge on any atom is 0.345 e. The van der Waals surface area contributed by atoms with Gasteiger partial charge >= 0.3 is 5.97 Å². The molecule has 1 unspecified atom stereocenters. The van der Waals surface area contributed by atoms with E-state index in [9.17, 15) is 9.90 Å². The van der Waals surface area contributed by atoms with E-state index in [-0.39, 0.29) is 6.42 Å². The standard InChI is InChI=1S/C17H18O5/c1-20-14-9-8-12(15(11-14)21-2)10-16(17(18)19)22-13-6-4-3-5-7-13/h3-9,11,16H,10H2,1-2H3,(H,18,19). The Kier molecular flexibility index (Phi) is 5.25. The molecule has 0 radical (unpaired) electrons. The van der Waals surface area contributed by atoms with Crippen molar-refractivity contribution in [3.63, 3.8) is 0 Å². The van der Waals surface area contributed by atoms with Crippen LogP contribution in [0.3, 0.4) is 0 Å². The maximum absolute atomic E-state index is 11.4. The van der Waals surface area contributed by atoms with Gasteiger partial charge < -0.3 is 19.3 Å². The lowest BCUT2D eigenvalue weighted by atomic mass is 10.1. The van der Waals surface area contributed by atoms with Crippen LogP contribution in [-0.2, 0) is 11.2 Å². The van der Waals surface area contributed by atoms with Gasteiger partial charge in [-0.3, -0.25) is 0 Å². The Labute approximate surface area is 129 Å². The molecule has 5 heteroatoms. The van der Waals surface area contributed by atoms with Crippen LogP contribution in [0.4, 0.5) is 0 Å². The number of hydrogen-bond acceptors (Lipinski definition) is 4. The van der Waals surface area contributed by atoms with Crippen LogP contribution in [0.15, 0.2) is 48.5 Å². The summed E-state index contributed by atoms with van der Waals surface area (Å²) < 4.78 is 16.0. The number of benzene rings is 2. The summed E-state index contributed by atoms with van der Waals surface area (Å²) in [5.41, 5.74) is 0.742. The topological polar surface area (TPSA) is 65.0 Å². The smallest absolute Gasteiger partial charge is 0.345 e. The molecule has 0 aliphatic heterocycles. The number of hydrogen-bond donors (Lipinski definition) is 1. The van der Waals surface area contributed by atoms with Crippen molar-refractivity contribution < 1.29 is 24.1 Å². The lowest BCUT2D eigenvalue weighted by molar-refractivity contribution is -0.145. The largest absolute Gasteiger partial charge is 0.497 e. The summed E-state index contributed by atoms with van der Waals surface area (Å²) in [6, 6.07) is 14.1. The van der Waals surface area contributed by atoms with Gasteiger partial charge in [0.15, 0.2) is 6.10 Å². The fourth-order valence-electron chi connectivity index (χ4n) is 2.06. The van der Waals surface area contributed by atoms with Crippen LogP contribution < -0.4 is 14.2 Å². The van der Waals surface area contributed by atoms with Crippen LogP contribution in [0.5, 0.6) is 17.2 Å². The second kappa shape index (κ2) is 7.36. The van der Waals surface area contributed by atoms with Gasteiger partial charge in [0.1, 0.15) is 17.2 Å². The first-order valence-electron chi connectivity index (χ1n) is 6.79. The zero-order valence-electron chi connectivity index (χ0n) is 12.5. The third kappa shape index (κ3) is 3.91. The molecule has 0 spiro atoms. The minimum atomic E-state index is -1.03. The van der Waals surface area contributed by atoms with Crippen molar-refractivity contribution in [1.82, 2.24) is 0 Å². The summed E-state index contributed by atoms with van der Waals surface area (Å²) in [5, 5.41) is 9.37. The zero-order valence-corrected chi connectivity index (χ0v) is 12.5. The highest BCUT2D eigenvalue weighted by molar-refractivity contribution is 5.73. The van der Waals surface area contributed by atoms with Crippen LogP contribution in [-0.4, -0.2) is 31.4 Å². The van der Waals surface area contributed by atoms with E-state index in [0.29, 0.717) is 17.2 Å². The summed E-state index contributed by atoms with van der Waals surface area (Å²) in [5.74, 6) is 0.711. The van der Waals surface area contributed by atoms with Crippen molar-refractivity contribution in [3.8, 4) is 17.2 Å². The molecule has 116 valence electrons. The summed E-state index contributed by atoms with van der Waals surface area (Å²) in [6.07, 6.45) is -0.804. The van der Waals surface area contributed by atoms with E-state index in [1.807, 2.05) is 6.07 Å². The van der Waals surface area contributed by atoms with Crippen LogP contribution in [0.25, 0.3) is 0 Å². The number of carboxylic acid groups (broad SMARTS) is 1. The van der Waals surface area contributed by atoms with Crippen molar-refractivity contribution in [2.24, 2.45) is 0 Å². The number of methoxy groups -OCH3 is 2. The molecule has 1 N–H and O–H groups in total. The zero-order chi connectivity index (χ0) is 15.9. The van der Waals surface area contributed by atoms with Crippen LogP contribution >= 0.6 is 0 Å². The predicted octanol–water partition coefficient (Wildman–Crippen LogP) is 2.78. The molecule has 0 aromatic heterocycles. The molecule has 0 amide bonds. The predicted molar refractivity (Wildman–Crippen MR) is 81.7 cm³/mol. The second-order valence-electron chi connectivity index (χ2n) is 4.64. The highest BCUT2D eigenvalue weighted by atomic mass is 16.5. The molecule has 2 aromatic rings. The van der Waals surface area contributed by atoms with Crippen LogP contribution in [0, 0.1) is 0 Å². The molecule has 1 atom stereocenters. The second-order valence-corrected chi connectivity index (χ2v) is 4.64.